The molecule has 0 saturated heterocycles. The molecule has 1 aromatic rings. The Hall–Kier alpha value is -2.28. The topological polar surface area (TPSA) is 107 Å². The van der Waals surface area contributed by atoms with Crippen LogP contribution in [0.3, 0.4) is 0 Å². The van der Waals surface area contributed by atoms with Crippen LogP contribution in [0.15, 0.2) is 18.2 Å². The maximum absolute atomic E-state index is 11.7. The van der Waals surface area contributed by atoms with Crippen LogP contribution in [0.4, 0.5) is 11.4 Å². The molecule has 1 aliphatic heterocycles. The molecule has 0 aromatic heterocycles. The quantitative estimate of drug-likeness (QED) is 0.474. The Morgan fingerprint density at radius 1 is 1.33 bits per heavy atom. The first-order chi connectivity index (χ1) is 8.56. The Balaban J connectivity index is 2.41. The highest BCUT2D eigenvalue weighted by Gasteiger charge is 2.36. The van der Waals surface area contributed by atoms with E-state index in [9.17, 15) is 19.7 Å². The van der Waals surface area contributed by atoms with Crippen LogP contribution in [0.2, 0.25) is 0 Å². The summed E-state index contributed by atoms with van der Waals surface area (Å²) in [5.74, 6) is -1.36. The number of benzene rings is 1. The summed E-state index contributed by atoms with van der Waals surface area (Å²) in [6.07, 6.45) is 0.565. The minimum absolute atomic E-state index is 0.0891. The molecule has 0 spiro atoms. The maximum atomic E-state index is 11.7. The van der Waals surface area contributed by atoms with Crippen molar-refractivity contribution < 1.29 is 14.5 Å². The first-order valence-corrected chi connectivity index (χ1v) is 5.41. The van der Waals surface area contributed by atoms with Crippen molar-refractivity contribution in [2.45, 2.75) is 6.42 Å². The summed E-state index contributed by atoms with van der Waals surface area (Å²) in [4.78, 5) is 34.8. The fourth-order valence-electron chi connectivity index (χ4n) is 1.87. The molecule has 0 saturated carbocycles. The van der Waals surface area contributed by atoms with E-state index in [1.807, 2.05) is 0 Å². The Morgan fingerprint density at radius 2 is 2.06 bits per heavy atom. The van der Waals surface area contributed by atoms with E-state index in [-0.39, 0.29) is 11.3 Å². The summed E-state index contributed by atoms with van der Waals surface area (Å²) in [7, 11) is 0. The predicted octanol–water partition coefficient (Wildman–Crippen LogP) is 0.473. The number of hydrogen-bond donors (Lipinski definition) is 1. The summed E-state index contributed by atoms with van der Waals surface area (Å²) in [5.41, 5.74) is 5.67. The third kappa shape index (κ3) is 1.84. The van der Waals surface area contributed by atoms with Gasteiger partial charge in [0.25, 0.3) is 17.4 Å². The highest BCUT2D eigenvalue weighted by atomic mass is 16.6. The van der Waals surface area contributed by atoms with Crippen molar-refractivity contribution >= 4 is 23.1 Å². The SMILES string of the molecule is NCCCN1C(=O)C(=O)c2cc([N+](=O)[O-])ccc21. The lowest BCUT2D eigenvalue weighted by Crippen LogP contribution is -2.31. The molecule has 1 heterocycles. The van der Waals surface area contributed by atoms with E-state index in [2.05, 4.69) is 0 Å². The molecule has 18 heavy (non-hydrogen) atoms. The van der Waals surface area contributed by atoms with E-state index in [1.54, 1.807) is 0 Å². The van der Waals surface area contributed by atoms with Gasteiger partial charge in [0.15, 0.2) is 0 Å². The van der Waals surface area contributed by atoms with Gasteiger partial charge >= 0.3 is 0 Å². The fraction of sp³-hybridized carbons (Fsp3) is 0.273. The Morgan fingerprint density at radius 3 is 2.67 bits per heavy atom. The number of hydrogen-bond acceptors (Lipinski definition) is 5. The Kier molecular flexibility index (Phi) is 3.07. The molecule has 1 aromatic carbocycles. The Labute approximate surface area is 102 Å². The van der Waals surface area contributed by atoms with Gasteiger partial charge in [0.1, 0.15) is 0 Å². The van der Waals surface area contributed by atoms with Crippen LogP contribution in [0.25, 0.3) is 0 Å². The molecule has 2 rings (SSSR count). The molecule has 0 atom stereocenters. The lowest BCUT2D eigenvalue weighted by atomic mass is 10.1. The van der Waals surface area contributed by atoms with Gasteiger partial charge in [0, 0.05) is 18.7 Å². The van der Waals surface area contributed by atoms with Gasteiger partial charge in [-0.3, -0.25) is 19.7 Å². The highest BCUT2D eigenvalue weighted by molar-refractivity contribution is 6.52. The summed E-state index contributed by atoms with van der Waals surface area (Å²) in [6.45, 7) is 0.742. The van der Waals surface area contributed by atoms with Crippen molar-refractivity contribution in [2.24, 2.45) is 5.73 Å². The number of nitrogens with two attached hydrogens (primary N) is 1. The second kappa shape index (κ2) is 4.53. The number of carbonyl (C=O) groups is 2. The number of fused-ring (bicyclic) bond motifs is 1. The van der Waals surface area contributed by atoms with Gasteiger partial charge < -0.3 is 10.6 Å². The van der Waals surface area contributed by atoms with E-state index < -0.39 is 16.6 Å². The molecule has 94 valence electrons. The van der Waals surface area contributed by atoms with Crippen LogP contribution in [0.1, 0.15) is 16.8 Å². The van der Waals surface area contributed by atoms with Gasteiger partial charge in [-0.15, -0.1) is 0 Å². The Bertz CT molecular complexity index is 541. The average Bonchev–Trinajstić information content (AvgIpc) is 2.60. The van der Waals surface area contributed by atoms with Crippen LogP contribution in [-0.2, 0) is 4.79 Å². The predicted molar refractivity (Wildman–Crippen MR) is 63.5 cm³/mol. The van der Waals surface area contributed by atoms with Crippen LogP contribution in [-0.4, -0.2) is 29.7 Å². The largest absolute Gasteiger partial charge is 0.330 e. The molecule has 1 aliphatic rings. The molecule has 0 fully saturated rings. The summed E-state index contributed by atoms with van der Waals surface area (Å²) >= 11 is 0. The fourth-order valence-corrected chi connectivity index (χ4v) is 1.87. The minimum atomic E-state index is -0.703. The number of amides is 1. The molecular weight excluding hydrogens is 238 g/mol. The molecule has 0 radical (unpaired) electrons. The number of nitro groups is 1. The van der Waals surface area contributed by atoms with Crippen molar-refractivity contribution in [3.05, 3.63) is 33.9 Å². The van der Waals surface area contributed by atoms with E-state index >= 15 is 0 Å². The number of ketones is 1. The molecule has 7 nitrogen and oxygen atoms in total. The van der Waals surface area contributed by atoms with Crippen molar-refractivity contribution in [3.8, 4) is 0 Å². The van der Waals surface area contributed by atoms with E-state index in [0.29, 0.717) is 25.2 Å². The maximum Gasteiger partial charge on any atom is 0.299 e. The second-order valence-corrected chi connectivity index (χ2v) is 3.89. The minimum Gasteiger partial charge on any atom is -0.330 e. The number of non-ortho nitro benzene ring substituents is 1. The van der Waals surface area contributed by atoms with Gasteiger partial charge in [-0.2, -0.15) is 0 Å². The molecule has 0 bridgehead atoms. The zero-order chi connectivity index (χ0) is 13.3. The van der Waals surface area contributed by atoms with Gasteiger partial charge in [-0.25, -0.2) is 0 Å². The molecule has 0 unspecified atom stereocenters. The van der Waals surface area contributed by atoms with Crippen LogP contribution in [0, 0.1) is 10.1 Å². The summed E-state index contributed by atoms with van der Waals surface area (Å²) < 4.78 is 0. The third-order valence-electron chi connectivity index (χ3n) is 2.75. The van der Waals surface area contributed by atoms with E-state index in [1.165, 1.54) is 17.0 Å². The normalized spacial score (nSPS) is 13.9. The van der Waals surface area contributed by atoms with Crippen LogP contribution >= 0.6 is 0 Å². The smallest absolute Gasteiger partial charge is 0.299 e. The van der Waals surface area contributed by atoms with Crippen molar-refractivity contribution in [1.82, 2.24) is 0 Å². The van der Waals surface area contributed by atoms with Gasteiger partial charge in [-0.05, 0) is 19.0 Å². The van der Waals surface area contributed by atoms with Gasteiger partial charge in [-0.1, -0.05) is 0 Å². The molecule has 1 amide bonds. The van der Waals surface area contributed by atoms with Crippen molar-refractivity contribution in [3.63, 3.8) is 0 Å². The average molecular weight is 249 g/mol. The molecular formula is C11H11N3O4. The molecule has 2 N–H and O–H groups in total. The van der Waals surface area contributed by atoms with Crippen LogP contribution < -0.4 is 10.6 Å². The monoisotopic (exact) mass is 249 g/mol. The number of nitro benzene ring substituents is 1. The molecule has 7 heteroatoms. The number of rotatable bonds is 4. The number of nitrogens with zero attached hydrogens (tertiary/aromatic N) is 2. The number of anilines is 1. The summed E-state index contributed by atoms with van der Waals surface area (Å²) in [6, 6.07) is 3.84. The first-order valence-electron chi connectivity index (χ1n) is 5.41. The lowest BCUT2D eigenvalue weighted by Gasteiger charge is -2.15. The molecule has 0 aliphatic carbocycles. The van der Waals surface area contributed by atoms with Crippen molar-refractivity contribution in [1.29, 1.82) is 0 Å². The lowest BCUT2D eigenvalue weighted by molar-refractivity contribution is -0.384. The van der Waals surface area contributed by atoms with Crippen molar-refractivity contribution in [2.75, 3.05) is 18.0 Å². The second-order valence-electron chi connectivity index (χ2n) is 3.89. The summed E-state index contributed by atoms with van der Waals surface area (Å²) in [5, 5.41) is 10.6. The third-order valence-corrected chi connectivity index (χ3v) is 2.75. The standard InChI is InChI=1S/C11H11N3O4/c12-4-1-5-13-9-3-2-7(14(17)18)6-8(9)10(15)11(13)16/h2-3,6H,1,4-5,12H2. The number of carbonyl (C=O) groups excluding carboxylic acids is 2. The van der Waals surface area contributed by atoms with Crippen LogP contribution in [0.5, 0.6) is 0 Å². The zero-order valence-corrected chi connectivity index (χ0v) is 9.46. The van der Waals surface area contributed by atoms with E-state index in [0.717, 1.165) is 6.07 Å². The van der Waals surface area contributed by atoms with Gasteiger partial charge in [0.2, 0.25) is 0 Å². The zero-order valence-electron chi connectivity index (χ0n) is 9.46. The van der Waals surface area contributed by atoms with E-state index in [4.69, 9.17) is 5.73 Å². The number of Topliss-reactive ketones (excluding diaryl/α,β-unsaturated/α-hetero) is 1. The first kappa shape index (κ1) is 12.2. The highest BCUT2D eigenvalue weighted by Crippen LogP contribution is 2.31. The van der Waals surface area contributed by atoms with Gasteiger partial charge in [0.05, 0.1) is 16.2 Å².